The second-order valence-electron chi connectivity index (χ2n) is 6.11. The van der Waals surface area contributed by atoms with Crippen LogP contribution in [-0.4, -0.2) is 5.11 Å². The highest BCUT2D eigenvalue weighted by molar-refractivity contribution is 5.90. The van der Waals surface area contributed by atoms with Crippen LogP contribution in [0.25, 0.3) is 10.8 Å². The summed E-state index contributed by atoms with van der Waals surface area (Å²) in [6.07, 6.45) is 10.2. The number of unbranched alkanes of at least 4 members (excludes halogenated alkanes) is 6. The number of aryl methyl sites for hydroxylation is 1. The summed E-state index contributed by atoms with van der Waals surface area (Å²) < 4.78 is 0. The van der Waals surface area contributed by atoms with E-state index < -0.39 is 0 Å². The Balaban J connectivity index is 1.93. The van der Waals surface area contributed by atoms with Crippen LogP contribution in [0.2, 0.25) is 0 Å². The van der Waals surface area contributed by atoms with E-state index in [0.717, 1.165) is 22.8 Å². The van der Waals surface area contributed by atoms with E-state index in [1.54, 1.807) is 0 Å². The minimum Gasteiger partial charge on any atom is -0.507 e. The number of fused-ring (bicyclic) bond motifs is 1. The van der Waals surface area contributed by atoms with Gasteiger partial charge in [-0.15, -0.1) is 0 Å². The molecule has 0 spiro atoms. The van der Waals surface area contributed by atoms with Gasteiger partial charge in [0.1, 0.15) is 5.75 Å². The number of phenolic OH excluding ortho intramolecular Hbond substituents is 1. The number of hydrogen-bond acceptors (Lipinski definition) is 1. The number of benzene rings is 2. The van der Waals surface area contributed by atoms with Crippen molar-refractivity contribution in [2.75, 3.05) is 0 Å². The highest BCUT2D eigenvalue weighted by Crippen LogP contribution is 2.32. The Morgan fingerprint density at radius 2 is 1.57 bits per heavy atom. The van der Waals surface area contributed by atoms with Crippen molar-refractivity contribution in [1.29, 1.82) is 0 Å². The topological polar surface area (TPSA) is 20.2 Å². The summed E-state index contributed by atoms with van der Waals surface area (Å²) in [7, 11) is 0. The molecule has 0 aliphatic rings. The van der Waals surface area contributed by atoms with Crippen LogP contribution in [0.5, 0.6) is 5.75 Å². The monoisotopic (exact) mass is 284 g/mol. The van der Waals surface area contributed by atoms with Crippen LogP contribution in [0.3, 0.4) is 0 Å². The Hall–Kier alpha value is -1.50. The van der Waals surface area contributed by atoms with Gasteiger partial charge >= 0.3 is 0 Å². The Kier molecular flexibility index (Phi) is 6.10. The summed E-state index contributed by atoms with van der Waals surface area (Å²) >= 11 is 0. The molecule has 2 aromatic carbocycles. The van der Waals surface area contributed by atoms with Crippen molar-refractivity contribution < 1.29 is 5.11 Å². The zero-order chi connectivity index (χ0) is 15.1. The fraction of sp³-hybridized carbons (Fsp3) is 0.500. The predicted molar refractivity (Wildman–Crippen MR) is 92.0 cm³/mol. The van der Waals surface area contributed by atoms with Crippen molar-refractivity contribution in [1.82, 2.24) is 0 Å². The molecular weight excluding hydrogens is 256 g/mol. The van der Waals surface area contributed by atoms with Gasteiger partial charge in [-0.3, -0.25) is 0 Å². The molecule has 1 N–H and O–H groups in total. The normalized spacial score (nSPS) is 11.1. The van der Waals surface area contributed by atoms with E-state index in [4.69, 9.17) is 0 Å². The van der Waals surface area contributed by atoms with E-state index in [1.807, 2.05) is 18.2 Å². The van der Waals surface area contributed by atoms with E-state index in [0.29, 0.717) is 5.75 Å². The van der Waals surface area contributed by atoms with E-state index >= 15 is 0 Å². The van der Waals surface area contributed by atoms with E-state index in [-0.39, 0.29) is 0 Å². The first-order valence-electron chi connectivity index (χ1n) is 8.44. The van der Waals surface area contributed by atoms with Gasteiger partial charge in [-0.1, -0.05) is 75.8 Å². The third kappa shape index (κ3) is 4.23. The number of phenols is 1. The molecule has 0 unspecified atom stereocenters. The third-order valence-electron chi connectivity index (χ3n) is 4.38. The summed E-state index contributed by atoms with van der Waals surface area (Å²) in [4.78, 5) is 0. The summed E-state index contributed by atoms with van der Waals surface area (Å²) in [5, 5.41) is 12.6. The van der Waals surface area contributed by atoms with Gasteiger partial charge in [0.05, 0.1) is 0 Å². The fourth-order valence-corrected chi connectivity index (χ4v) is 3.08. The molecule has 0 aromatic heterocycles. The predicted octanol–water partition coefficient (Wildman–Crippen LogP) is 6.15. The van der Waals surface area contributed by atoms with Gasteiger partial charge in [0, 0.05) is 5.39 Å². The molecule has 1 nitrogen and oxygen atoms in total. The van der Waals surface area contributed by atoms with Crippen molar-refractivity contribution >= 4 is 10.8 Å². The highest BCUT2D eigenvalue weighted by Gasteiger charge is 2.09. The molecule has 0 amide bonds. The minimum absolute atomic E-state index is 0.497. The Bertz CT molecular complexity index is 571. The Morgan fingerprint density at radius 1 is 0.905 bits per heavy atom. The van der Waals surface area contributed by atoms with Crippen LogP contribution >= 0.6 is 0 Å². The zero-order valence-electron chi connectivity index (χ0n) is 13.5. The fourth-order valence-electron chi connectivity index (χ4n) is 3.08. The molecule has 2 rings (SSSR count). The summed E-state index contributed by atoms with van der Waals surface area (Å²) in [6, 6.07) is 10.3. The average molecular weight is 284 g/mol. The largest absolute Gasteiger partial charge is 0.507 e. The van der Waals surface area contributed by atoms with Gasteiger partial charge in [-0.2, -0.15) is 0 Å². The van der Waals surface area contributed by atoms with Crippen LogP contribution in [0.1, 0.15) is 63.0 Å². The van der Waals surface area contributed by atoms with Crippen molar-refractivity contribution in [3.8, 4) is 5.75 Å². The molecule has 114 valence electrons. The van der Waals surface area contributed by atoms with Gasteiger partial charge in [0.15, 0.2) is 0 Å². The molecule has 21 heavy (non-hydrogen) atoms. The van der Waals surface area contributed by atoms with E-state index in [1.165, 1.54) is 50.5 Å². The molecule has 0 atom stereocenters. The maximum absolute atomic E-state index is 10.5. The minimum atomic E-state index is 0.497. The standard InChI is InChI=1S/C20H28O/c1-3-4-5-6-7-8-9-13-18-16(2)15-17-12-10-11-14-19(17)20(18)21/h10-12,14-15,21H,3-9,13H2,1-2H3. The first-order valence-corrected chi connectivity index (χ1v) is 8.44. The molecule has 0 aliphatic heterocycles. The van der Waals surface area contributed by atoms with E-state index in [2.05, 4.69) is 26.0 Å². The smallest absolute Gasteiger partial charge is 0.126 e. The van der Waals surface area contributed by atoms with Crippen LogP contribution in [0.15, 0.2) is 30.3 Å². The quantitative estimate of drug-likeness (QED) is 0.577. The zero-order valence-corrected chi connectivity index (χ0v) is 13.5. The van der Waals surface area contributed by atoms with Crippen molar-refractivity contribution in [2.24, 2.45) is 0 Å². The number of aromatic hydroxyl groups is 1. The lowest BCUT2D eigenvalue weighted by Crippen LogP contribution is -1.93. The molecule has 0 fully saturated rings. The van der Waals surface area contributed by atoms with Crippen LogP contribution < -0.4 is 0 Å². The third-order valence-corrected chi connectivity index (χ3v) is 4.38. The lowest BCUT2D eigenvalue weighted by atomic mass is 9.96. The SMILES string of the molecule is CCCCCCCCCc1c(C)cc2ccccc2c1O. The molecule has 0 bridgehead atoms. The average Bonchev–Trinajstić information content (AvgIpc) is 2.49. The van der Waals surface area contributed by atoms with Gasteiger partial charge in [-0.25, -0.2) is 0 Å². The molecule has 0 radical (unpaired) electrons. The first-order chi connectivity index (χ1) is 10.2. The van der Waals surface area contributed by atoms with Crippen molar-refractivity contribution in [3.05, 3.63) is 41.5 Å². The van der Waals surface area contributed by atoms with Crippen LogP contribution in [0, 0.1) is 6.92 Å². The van der Waals surface area contributed by atoms with Crippen LogP contribution in [0.4, 0.5) is 0 Å². The van der Waals surface area contributed by atoms with Crippen molar-refractivity contribution in [3.63, 3.8) is 0 Å². The number of hydrogen-bond donors (Lipinski definition) is 1. The lowest BCUT2D eigenvalue weighted by Gasteiger charge is -2.12. The van der Waals surface area contributed by atoms with Gasteiger partial charge in [0.25, 0.3) is 0 Å². The second kappa shape index (κ2) is 8.07. The highest BCUT2D eigenvalue weighted by atomic mass is 16.3. The van der Waals surface area contributed by atoms with E-state index in [9.17, 15) is 5.11 Å². The van der Waals surface area contributed by atoms with Crippen molar-refractivity contribution in [2.45, 2.75) is 65.2 Å². The summed E-state index contributed by atoms with van der Waals surface area (Å²) in [6.45, 7) is 4.37. The molecule has 0 heterocycles. The Labute approximate surface area is 129 Å². The molecule has 2 aromatic rings. The molecule has 1 heteroatoms. The molecular formula is C20H28O. The van der Waals surface area contributed by atoms with Gasteiger partial charge < -0.3 is 5.11 Å². The summed E-state index contributed by atoms with van der Waals surface area (Å²) in [5.74, 6) is 0.497. The van der Waals surface area contributed by atoms with Gasteiger partial charge in [-0.05, 0) is 36.3 Å². The molecule has 0 saturated heterocycles. The molecule has 0 aliphatic carbocycles. The van der Waals surface area contributed by atoms with Gasteiger partial charge in [0.2, 0.25) is 0 Å². The molecule has 0 saturated carbocycles. The first kappa shape index (κ1) is 15.9. The summed E-state index contributed by atoms with van der Waals surface area (Å²) in [5.41, 5.74) is 2.36. The lowest BCUT2D eigenvalue weighted by molar-refractivity contribution is 0.471. The maximum Gasteiger partial charge on any atom is 0.126 e. The number of rotatable bonds is 8. The maximum atomic E-state index is 10.5. The Morgan fingerprint density at radius 3 is 2.33 bits per heavy atom. The van der Waals surface area contributed by atoms with Crippen LogP contribution in [-0.2, 0) is 6.42 Å². The second-order valence-corrected chi connectivity index (χ2v) is 6.11.